The first-order chi connectivity index (χ1) is 8.66. The van der Waals surface area contributed by atoms with Gasteiger partial charge in [0.1, 0.15) is 11.4 Å². The van der Waals surface area contributed by atoms with Crippen molar-refractivity contribution in [3.63, 3.8) is 0 Å². The monoisotopic (exact) mass is 252 g/mol. The second-order valence-corrected chi connectivity index (χ2v) is 4.42. The van der Waals surface area contributed by atoms with E-state index in [4.69, 9.17) is 4.74 Å². The molecule has 0 aromatic heterocycles. The fourth-order valence-corrected chi connectivity index (χ4v) is 2.04. The minimum Gasteiger partial charge on any atom is -0.508 e. The Kier molecular flexibility index (Phi) is 3.99. The molecule has 98 valence electrons. The molecule has 0 saturated carbocycles. The summed E-state index contributed by atoms with van der Waals surface area (Å²) in [6.45, 7) is 2.14. The number of nitro groups is 1. The van der Waals surface area contributed by atoms with E-state index in [0.29, 0.717) is 24.8 Å². The maximum absolute atomic E-state index is 10.9. The number of hydrogen-bond acceptors (Lipinski definition) is 5. The molecule has 1 aliphatic heterocycles. The van der Waals surface area contributed by atoms with Crippen molar-refractivity contribution in [2.75, 3.05) is 25.1 Å². The van der Waals surface area contributed by atoms with Crippen LogP contribution in [0.1, 0.15) is 12.8 Å². The maximum Gasteiger partial charge on any atom is 0.296 e. The van der Waals surface area contributed by atoms with Crippen LogP contribution in [0.15, 0.2) is 18.2 Å². The number of aromatic hydroxyl groups is 1. The summed E-state index contributed by atoms with van der Waals surface area (Å²) in [5.74, 6) is 0.278. The minimum atomic E-state index is -0.501. The van der Waals surface area contributed by atoms with Gasteiger partial charge in [0.2, 0.25) is 0 Å². The van der Waals surface area contributed by atoms with E-state index < -0.39 is 4.92 Å². The van der Waals surface area contributed by atoms with Crippen LogP contribution in [0.5, 0.6) is 5.75 Å². The number of phenols is 1. The third kappa shape index (κ3) is 3.10. The topological polar surface area (TPSA) is 84.6 Å². The Morgan fingerprint density at radius 3 is 3.06 bits per heavy atom. The maximum atomic E-state index is 10.9. The molecule has 1 saturated heterocycles. The highest BCUT2D eigenvalue weighted by molar-refractivity contribution is 5.63. The van der Waals surface area contributed by atoms with Crippen LogP contribution in [0.2, 0.25) is 0 Å². The summed E-state index contributed by atoms with van der Waals surface area (Å²) in [7, 11) is 0. The Labute approximate surface area is 105 Å². The van der Waals surface area contributed by atoms with Crippen molar-refractivity contribution in [1.82, 2.24) is 0 Å². The van der Waals surface area contributed by atoms with E-state index in [1.165, 1.54) is 12.1 Å². The van der Waals surface area contributed by atoms with Gasteiger partial charge in [0.05, 0.1) is 17.6 Å². The molecule has 18 heavy (non-hydrogen) atoms. The molecule has 1 fully saturated rings. The standard InChI is InChI=1S/C12H16N2O4/c15-10-3-4-11(12(6-10)14(16)17)13-7-9-2-1-5-18-8-9/h3-4,6,9,13,15H,1-2,5,7-8H2. The Bertz CT molecular complexity index is 430. The number of nitrogens with zero attached hydrogens (tertiary/aromatic N) is 1. The molecule has 0 spiro atoms. The van der Waals surface area contributed by atoms with Crippen molar-refractivity contribution >= 4 is 11.4 Å². The molecular formula is C12H16N2O4. The van der Waals surface area contributed by atoms with Gasteiger partial charge in [-0.05, 0) is 30.9 Å². The van der Waals surface area contributed by atoms with Gasteiger partial charge in [-0.15, -0.1) is 0 Å². The largest absolute Gasteiger partial charge is 0.508 e. The number of phenolic OH excluding ortho intramolecular Hbond substituents is 1. The van der Waals surface area contributed by atoms with E-state index >= 15 is 0 Å². The van der Waals surface area contributed by atoms with Gasteiger partial charge in [-0.3, -0.25) is 10.1 Å². The smallest absolute Gasteiger partial charge is 0.296 e. The number of rotatable bonds is 4. The highest BCUT2D eigenvalue weighted by Gasteiger charge is 2.17. The van der Waals surface area contributed by atoms with Crippen LogP contribution >= 0.6 is 0 Å². The van der Waals surface area contributed by atoms with Gasteiger partial charge in [-0.25, -0.2) is 0 Å². The molecule has 1 aromatic rings. The van der Waals surface area contributed by atoms with E-state index in [0.717, 1.165) is 25.5 Å². The van der Waals surface area contributed by atoms with Crippen molar-refractivity contribution < 1.29 is 14.8 Å². The fraction of sp³-hybridized carbons (Fsp3) is 0.500. The van der Waals surface area contributed by atoms with Crippen LogP contribution < -0.4 is 5.32 Å². The van der Waals surface area contributed by atoms with Crippen LogP contribution in [-0.4, -0.2) is 29.8 Å². The molecule has 1 aromatic carbocycles. The zero-order chi connectivity index (χ0) is 13.0. The summed E-state index contributed by atoms with van der Waals surface area (Å²) in [6.07, 6.45) is 2.10. The SMILES string of the molecule is O=[N+]([O-])c1cc(O)ccc1NCC1CCCOC1. The number of hydrogen-bond donors (Lipinski definition) is 2. The van der Waals surface area contributed by atoms with Crippen molar-refractivity contribution in [2.24, 2.45) is 5.92 Å². The number of nitro benzene ring substituents is 1. The molecule has 0 aliphatic carbocycles. The van der Waals surface area contributed by atoms with E-state index in [-0.39, 0.29) is 11.4 Å². The number of ether oxygens (including phenoxy) is 1. The molecule has 6 heteroatoms. The lowest BCUT2D eigenvalue weighted by Crippen LogP contribution is -2.24. The Morgan fingerprint density at radius 2 is 2.39 bits per heavy atom. The lowest BCUT2D eigenvalue weighted by molar-refractivity contribution is -0.384. The first-order valence-corrected chi connectivity index (χ1v) is 5.96. The van der Waals surface area contributed by atoms with Gasteiger partial charge in [0.15, 0.2) is 0 Å². The summed E-state index contributed by atoms with van der Waals surface area (Å²) < 4.78 is 5.35. The van der Waals surface area contributed by atoms with Crippen LogP contribution in [0.4, 0.5) is 11.4 Å². The molecule has 1 aliphatic rings. The molecular weight excluding hydrogens is 236 g/mol. The van der Waals surface area contributed by atoms with E-state index in [9.17, 15) is 15.2 Å². The highest BCUT2D eigenvalue weighted by atomic mass is 16.6. The highest BCUT2D eigenvalue weighted by Crippen LogP contribution is 2.28. The van der Waals surface area contributed by atoms with Gasteiger partial charge in [-0.1, -0.05) is 0 Å². The predicted molar refractivity (Wildman–Crippen MR) is 66.8 cm³/mol. The molecule has 2 rings (SSSR count). The zero-order valence-corrected chi connectivity index (χ0v) is 9.96. The molecule has 2 N–H and O–H groups in total. The average molecular weight is 252 g/mol. The summed E-state index contributed by atoms with van der Waals surface area (Å²) >= 11 is 0. The second-order valence-electron chi connectivity index (χ2n) is 4.42. The normalized spacial score (nSPS) is 19.4. The lowest BCUT2D eigenvalue weighted by atomic mass is 10.0. The van der Waals surface area contributed by atoms with Crippen molar-refractivity contribution in [3.8, 4) is 5.75 Å². The van der Waals surface area contributed by atoms with Gasteiger partial charge < -0.3 is 15.2 Å². The van der Waals surface area contributed by atoms with Crippen LogP contribution in [0, 0.1) is 16.0 Å². The number of nitrogens with one attached hydrogen (secondary N) is 1. The lowest BCUT2D eigenvalue weighted by Gasteiger charge is -2.22. The summed E-state index contributed by atoms with van der Waals surface area (Å²) in [5.41, 5.74) is 0.329. The molecule has 0 amide bonds. The van der Waals surface area contributed by atoms with Gasteiger partial charge in [0.25, 0.3) is 5.69 Å². The van der Waals surface area contributed by atoms with E-state index in [2.05, 4.69) is 5.32 Å². The third-order valence-corrected chi connectivity index (χ3v) is 3.01. The molecule has 0 radical (unpaired) electrons. The van der Waals surface area contributed by atoms with E-state index in [1.54, 1.807) is 0 Å². The van der Waals surface area contributed by atoms with Crippen molar-refractivity contribution in [1.29, 1.82) is 0 Å². The van der Waals surface area contributed by atoms with E-state index in [1.807, 2.05) is 0 Å². The van der Waals surface area contributed by atoms with Gasteiger partial charge in [0, 0.05) is 13.2 Å². The van der Waals surface area contributed by atoms with Crippen LogP contribution in [0.25, 0.3) is 0 Å². The second kappa shape index (κ2) is 5.68. The average Bonchev–Trinajstić information content (AvgIpc) is 2.38. The summed E-state index contributed by atoms with van der Waals surface area (Å²) in [6, 6.07) is 4.11. The first kappa shape index (κ1) is 12.6. The van der Waals surface area contributed by atoms with Crippen molar-refractivity contribution in [2.45, 2.75) is 12.8 Å². The Hall–Kier alpha value is -1.82. The molecule has 1 unspecified atom stereocenters. The molecule has 1 heterocycles. The first-order valence-electron chi connectivity index (χ1n) is 5.96. The number of anilines is 1. The predicted octanol–water partition coefficient (Wildman–Crippen LogP) is 2.14. The Morgan fingerprint density at radius 1 is 1.56 bits per heavy atom. The molecule has 0 bridgehead atoms. The third-order valence-electron chi connectivity index (χ3n) is 3.01. The Balaban J connectivity index is 2.01. The van der Waals surface area contributed by atoms with Crippen LogP contribution in [-0.2, 0) is 4.74 Å². The quantitative estimate of drug-likeness (QED) is 0.487. The molecule has 6 nitrogen and oxygen atoms in total. The summed E-state index contributed by atoms with van der Waals surface area (Å²) in [4.78, 5) is 10.4. The fourth-order valence-electron chi connectivity index (χ4n) is 2.04. The summed E-state index contributed by atoms with van der Waals surface area (Å²) in [5, 5.41) is 23.2. The van der Waals surface area contributed by atoms with Crippen molar-refractivity contribution in [3.05, 3.63) is 28.3 Å². The van der Waals surface area contributed by atoms with Gasteiger partial charge >= 0.3 is 0 Å². The minimum absolute atomic E-state index is 0.103. The van der Waals surface area contributed by atoms with Crippen LogP contribution in [0.3, 0.4) is 0 Å². The van der Waals surface area contributed by atoms with Gasteiger partial charge in [-0.2, -0.15) is 0 Å². The zero-order valence-electron chi connectivity index (χ0n) is 9.96. The number of benzene rings is 1. The molecule has 1 atom stereocenters.